The van der Waals surface area contributed by atoms with Gasteiger partial charge in [0.25, 0.3) is 5.91 Å². The van der Waals surface area contributed by atoms with Gasteiger partial charge >= 0.3 is 0 Å². The molecule has 0 heterocycles. The van der Waals surface area contributed by atoms with Crippen LogP contribution in [-0.4, -0.2) is 32.9 Å². The van der Waals surface area contributed by atoms with Gasteiger partial charge in [0.2, 0.25) is 0 Å². The highest BCUT2D eigenvalue weighted by atomic mass is 19.1. The van der Waals surface area contributed by atoms with Crippen molar-refractivity contribution in [1.29, 1.82) is 0 Å². The van der Waals surface area contributed by atoms with Crippen molar-refractivity contribution in [3.63, 3.8) is 0 Å². The maximum atomic E-state index is 12.8. The van der Waals surface area contributed by atoms with E-state index in [1.807, 2.05) is 0 Å². The molecule has 0 saturated heterocycles. The highest BCUT2D eigenvalue weighted by Crippen LogP contribution is 2.26. The number of nitrogens with one attached hydrogen (secondary N) is 1. The number of amides is 1. The molecule has 2 rings (SSSR count). The fraction of sp³-hybridized carbons (Fsp3) is 0.176. The normalized spacial score (nSPS) is 10.5. The number of anilines is 1. The molecule has 0 unspecified atom stereocenters. The van der Waals surface area contributed by atoms with Crippen LogP contribution in [0.5, 0.6) is 11.5 Å². The van der Waals surface area contributed by atoms with Crippen molar-refractivity contribution in [3.8, 4) is 11.5 Å². The van der Waals surface area contributed by atoms with Crippen LogP contribution in [0.25, 0.3) is 0 Å². The number of carbonyl (C=O) groups excluding carboxylic acids is 1. The lowest BCUT2D eigenvalue weighted by Gasteiger charge is -2.07. The van der Waals surface area contributed by atoms with Gasteiger partial charge in [0.15, 0.2) is 18.1 Å². The number of benzene rings is 2. The fourth-order valence-corrected chi connectivity index (χ4v) is 1.86. The van der Waals surface area contributed by atoms with Crippen LogP contribution < -0.4 is 14.8 Å². The Balaban J connectivity index is 1.83. The highest BCUT2D eigenvalue weighted by Gasteiger charge is 2.04. The minimum absolute atomic E-state index is 0.263. The van der Waals surface area contributed by atoms with Crippen molar-refractivity contribution in [1.82, 2.24) is 0 Å². The molecule has 0 bridgehead atoms. The lowest BCUT2D eigenvalue weighted by molar-refractivity contribution is -0.120. The summed E-state index contributed by atoms with van der Waals surface area (Å²) in [5.74, 6) is 0.402. The zero-order valence-corrected chi connectivity index (χ0v) is 13.3. The molecule has 0 aromatic heterocycles. The van der Waals surface area contributed by atoms with E-state index in [9.17, 15) is 9.18 Å². The Hall–Kier alpha value is -3.09. The van der Waals surface area contributed by atoms with Gasteiger partial charge in [-0.25, -0.2) is 4.39 Å². The molecule has 1 amide bonds. The van der Waals surface area contributed by atoms with E-state index < -0.39 is 5.91 Å². The largest absolute Gasteiger partial charge is 0.493 e. The van der Waals surface area contributed by atoms with Crippen LogP contribution in [0.2, 0.25) is 0 Å². The van der Waals surface area contributed by atoms with Gasteiger partial charge in [-0.2, -0.15) is 0 Å². The van der Waals surface area contributed by atoms with Crippen molar-refractivity contribution < 1.29 is 23.5 Å². The quantitative estimate of drug-likeness (QED) is 0.625. The Kier molecular flexibility index (Phi) is 6.13. The molecule has 0 atom stereocenters. The number of rotatable bonds is 7. The number of halogens is 1. The summed E-state index contributed by atoms with van der Waals surface area (Å²) in [6.07, 6.45) is 1.45. The number of hydrogen-bond acceptors (Lipinski definition) is 5. The third-order valence-electron chi connectivity index (χ3n) is 3.01. The molecule has 0 radical (unpaired) electrons. The predicted molar refractivity (Wildman–Crippen MR) is 88.1 cm³/mol. The van der Waals surface area contributed by atoms with Crippen LogP contribution in [0.4, 0.5) is 10.1 Å². The molecule has 0 spiro atoms. The number of hydrogen-bond donors (Lipinski definition) is 1. The fourth-order valence-electron chi connectivity index (χ4n) is 1.86. The number of carbonyl (C=O) groups is 1. The highest BCUT2D eigenvalue weighted by molar-refractivity contribution is 5.91. The summed E-state index contributed by atoms with van der Waals surface area (Å²) in [6.45, 7) is -0.263. The summed E-state index contributed by atoms with van der Waals surface area (Å²) < 4.78 is 23.1. The monoisotopic (exact) mass is 332 g/mol. The van der Waals surface area contributed by atoms with Gasteiger partial charge in [0.1, 0.15) is 5.82 Å². The molecule has 0 aliphatic heterocycles. The molecule has 126 valence electrons. The molecule has 0 fully saturated rings. The smallest absolute Gasteiger partial charge is 0.265 e. The van der Waals surface area contributed by atoms with Crippen LogP contribution in [0.1, 0.15) is 5.56 Å². The van der Waals surface area contributed by atoms with Crippen LogP contribution >= 0.6 is 0 Å². The first-order valence-electron chi connectivity index (χ1n) is 7.05. The van der Waals surface area contributed by atoms with Crippen LogP contribution in [-0.2, 0) is 9.63 Å². The maximum absolute atomic E-state index is 12.8. The Morgan fingerprint density at radius 3 is 2.50 bits per heavy atom. The zero-order chi connectivity index (χ0) is 17.4. The Morgan fingerprint density at radius 1 is 1.12 bits per heavy atom. The van der Waals surface area contributed by atoms with E-state index >= 15 is 0 Å². The lowest BCUT2D eigenvalue weighted by Crippen LogP contribution is -2.16. The van der Waals surface area contributed by atoms with Gasteiger partial charge in [0, 0.05) is 11.3 Å². The summed E-state index contributed by atoms with van der Waals surface area (Å²) in [7, 11) is 3.09. The van der Waals surface area contributed by atoms with Crippen molar-refractivity contribution in [2.75, 3.05) is 26.1 Å². The lowest BCUT2D eigenvalue weighted by atomic mass is 10.2. The zero-order valence-electron chi connectivity index (χ0n) is 13.3. The molecule has 2 aromatic carbocycles. The second-order valence-corrected chi connectivity index (χ2v) is 4.68. The van der Waals surface area contributed by atoms with E-state index in [2.05, 4.69) is 10.5 Å². The molecule has 0 saturated carbocycles. The van der Waals surface area contributed by atoms with E-state index in [0.29, 0.717) is 17.2 Å². The summed E-state index contributed by atoms with van der Waals surface area (Å²) in [5.41, 5.74) is 1.21. The third kappa shape index (κ3) is 4.98. The summed E-state index contributed by atoms with van der Waals surface area (Å²) in [6, 6.07) is 10.7. The molecule has 6 nitrogen and oxygen atoms in total. The van der Waals surface area contributed by atoms with E-state index in [0.717, 1.165) is 5.56 Å². The van der Waals surface area contributed by atoms with Gasteiger partial charge in [-0.05, 0) is 42.5 Å². The SMILES string of the molecule is COc1ccc(C=NOCC(=O)Nc2ccc(F)cc2)cc1OC. The van der Waals surface area contributed by atoms with Gasteiger partial charge < -0.3 is 19.6 Å². The Labute approximate surface area is 138 Å². The van der Waals surface area contributed by atoms with Crippen molar-refractivity contribution in [2.45, 2.75) is 0 Å². The standard InChI is InChI=1S/C17H17FN2O4/c1-22-15-8-3-12(9-16(15)23-2)10-19-24-11-17(21)20-14-6-4-13(18)5-7-14/h3-10H,11H2,1-2H3,(H,20,21). The average Bonchev–Trinajstić information content (AvgIpc) is 2.60. The van der Waals surface area contributed by atoms with E-state index in [-0.39, 0.29) is 12.4 Å². The van der Waals surface area contributed by atoms with Crippen LogP contribution in [0.15, 0.2) is 47.6 Å². The first-order chi connectivity index (χ1) is 11.6. The van der Waals surface area contributed by atoms with Gasteiger partial charge in [-0.15, -0.1) is 0 Å². The summed E-state index contributed by atoms with van der Waals surface area (Å²) >= 11 is 0. The minimum atomic E-state index is -0.397. The molecular weight excluding hydrogens is 315 g/mol. The van der Waals surface area contributed by atoms with Gasteiger partial charge in [-0.3, -0.25) is 4.79 Å². The maximum Gasteiger partial charge on any atom is 0.265 e. The van der Waals surface area contributed by atoms with Gasteiger partial charge in [-0.1, -0.05) is 5.16 Å². The second kappa shape index (κ2) is 8.52. The number of oxime groups is 1. The van der Waals surface area contributed by atoms with Crippen molar-refractivity contribution in [2.24, 2.45) is 5.16 Å². The molecule has 2 aromatic rings. The summed E-state index contributed by atoms with van der Waals surface area (Å²) in [4.78, 5) is 16.6. The predicted octanol–water partition coefficient (Wildman–Crippen LogP) is 2.83. The number of ether oxygens (including phenoxy) is 2. The number of methoxy groups -OCH3 is 2. The summed E-state index contributed by atoms with van der Waals surface area (Å²) in [5, 5.41) is 6.29. The van der Waals surface area contributed by atoms with E-state index in [4.69, 9.17) is 14.3 Å². The first kappa shape index (κ1) is 17.3. The molecule has 24 heavy (non-hydrogen) atoms. The Morgan fingerprint density at radius 2 is 1.83 bits per heavy atom. The third-order valence-corrected chi connectivity index (χ3v) is 3.01. The van der Waals surface area contributed by atoms with E-state index in [1.165, 1.54) is 37.6 Å². The molecule has 0 aliphatic rings. The minimum Gasteiger partial charge on any atom is -0.493 e. The van der Waals surface area contributed by atoms with E-state index in [1.54, 1.807) is 25.3 Å². The molecule has 1 N–H and O–H groups in total. The molecule has 0 aliphatic carbocycles. The van der Waals surface area contributed by atoms with Gasteiger partial charge in [0.05, 0.1) is 20.4 Å². The number of nitrogens with zero attached hydrogens (tertiary/aromatic N) is 1. The molecule has 7 heteroatoms. The Bertz CT molecular complexity index is 717. The second-order valence-electron chi connectivity index (χ2n) is 4.68. The molecular formula is C17H17FN2O4. The van der Waals surface area contributed by atoms with Crippen molar-refractivity contribution >= 4 is 17.8 Å². The van der Waals surface area contributed by atoms with Crippen LogP contribution in [0.3, 0.4) is 0 Å². The average molecular weight is 332 g/mol. The first-order valence-corrected chi connectivity index (χ1v) is 7.05. The topological polar surface area (TPSA) is 69.2 Å². The van der Waals surface area contributed by atoms with Crippen LogP contribution in [0, 0.1) is 5.82 Å². The van der Waals surface area contributed by atoms with Crippen molar-refractivity contribution in [3.05, 3.63) is 53.8 Å².